The van der Waals surface area contributed by atoms with E-state index >= 15 is 0 Å². The van der Waals surface area contributed by atoms with E-state index < -0.39 is 12.0 Å². The highest BCUT2D eigenvalue weighted by molar-refractivity contribution is 7.22. The van der Waals surface area contributed by atoms with Crippen LogP contribution in [0.2, 0.25) is 0 Å². The first kappa shape index (κ1) is 11.4. The summed E-state index contributed by atoms with van der Waals surface area (Å²) in [5.74, 6) is -0.805. The monoisotopic (exact) mass is 263 g/mol. The molecule has 0 amide bonds. The SMILES string of the molecule is O=C(O)C1CN(c2nc3ccccc3s2)CCN1. The first-order chi connectivity index (χ1) is 8.74. The Morgan fingerprint density at radius 1 is 1.50 bits per heavy atom. The number of hydrogen-bond acceptors (Lipinski definition) is 5. The van der Waals surface area contributed by atoms with Gasteiger partial charge in [0.05, 0.1) is 10.2 Å². The second-order valence-electron chi connectivity index (χ2n) is 4.26. The van der Waals surface area contributed by atoms with Crippen molar-refractivity contribution in [2.24, 2.45) is 0 Å². The maximum Gasteiger partial charge on any atom is 0.322 e. The summed E-state index contributed by atoms with van der Waals surface area (Å²) in [6, 6.07) is 7.46. The first-order valence-electron chi connectivity index (χ1n) is 5.81. The molecule has 1 aliphatic heterocycles. The lowest BCUT2D eigenvalue weighted by atomic mass is 10.2. The fourth-order valence-electron chi connectivity index (χ4n) is 2.08. The number of thiazole rings is 1. The molecule has 1 aromatic heterocycles. The average Bonchev–Trinajstić information content (AvgIpc) is 2.82. The normalized spacial score (nSPS) is 20.2. The van der Waals surface area contributed by atoms with Gasteiger partial charge in [-0.15, -0.1) is 0 Å². The minimum absolute atomic E-state index is 0.467. The van der Waals surface area contributed by atoms with Gasteiger partial charge in [0.1, 0.15) is 6.04 Å². The van der Waals surface area contributed by atoms with Crippen molar-refractivity contribution in [1.82, 2.24) is 10.3 Å². The van der Waals surface area contributed by atoms with Gasteiger partial charge in [-0.25, -0.2) is 4.98 Å². The number of hydrogen-bond donors (Lipinski definition) is 2. The minimum Gasteiger partial charge on any atom is -0.480 e. The van der Waals surface area contributed by atoms with Crippen LogP contribution in [0.15, 0.2) is 24.3 Å². The third-order valence-corrected chi connectivity index (χ3v) is 4.12. The number of benzene rings is 1. The zero-order valence-electron chi connectivity index (χ0n) is 9.67. The van der Waals surface area contributed by atoms with E-state index in [2.05, 4.69) is 10.3 Å². The van der Waals surface area contributed by atoms with Crippen molar-refractivity contribution in [3.8, 4) is 0 Å². The van der Waals surface area contributed by atoms with Gasteiger partial charge in [0.25, 0.3) is 0 Å². The molecule has 1 unspecified atom stereocenters. The Morgan fingerprint density at radius 3 is 3.11 bits per heavy atom. The average molecular weight is 263 g/mol. The first-order valence-corrected chi connectivity index (χ1v) is 6.62. The molecule has 1 aliphatic rings. The summed E-state index contributed by atoms with van der Waals surface area (Å²) in [4.78, 5) is 17.6. The molecular weight excluding hydrogens is 250 g/mol. The van der Waals surface area contributed by atoms with E-state index in [-0.39, 0.29) is 0 Å². The van der Waals surface area contributed by atoms with Crippen molar-refractivity contribution in [2.45, 2.75) is 6.04 Å². The van der Waals surface area contributed by atoms with Crippen LogP contribution in [0.3, 0.4) is 0 Å². The lowest BCUT2D eigenvalue weighted by Crippen LogP contribution is -2.54. The summed E-state index contributed by atoms with van der Waals surface area (Å²) in [7, 11) is 0. The largest absolute Gasteiger partial charge is 0.480 e. The van der Waals surface area contributed by atoms with Crippen molar-refractivity contribution >= 4 is 32.7 Å². The Kier molecular flexibility index (Phi) is 2.89. The molecule has 0 bridgehead atoms. The Bertz CT molecular complexity index is 550. The highest BCUT2D eigenvalue weighted by atomic mass is 32.1. The molecule has 6 heteroatoms. The van der Waals surface area contributed by atoms with Gasteiger partial charge in [0, 0.05) is 19.6 Å². The number of carboxylic acids is 1. The Labute approximate surface area is 108 Å². The zero-order valence-corrected chi connectivity index (χ0v) is 10.5. The van der Waals surface area contributed by atoms with Crippen LogP contribution in [0.25, 0.3) is 10.2 Å². The highest BCUT2D eigenvalue weighted by Gasteiger charge is 2.26. The Morgan fingerprint density at radius 2 is 2.33 bits per heavy atom. The second kappa shape index (κ2) is 4.55. The zero-order chi connectivity index (χ0) is 12.5. The van der Waals surface area contributed by atoms with Crippen molar-refractivity contribution in [1.29, 1.82) is 0 Å². The maximum atomic E-state index is 11.0. The molecule has 3 rings (SSSR count). The third kappa shape index (κ3) is 2.04. The quantitative estimate of drug-likeness (QED) is 0.851. The van der Waals surface area contributed by atoms with Gasteiger partial charge in [-0.05, 0) is 12.1 Å². The molecule has 0 spiro atoms. The fourth-order valence-corrected chi connectivity index (χ4v) is 3.08. The summed E-state index contributed by atoms with van der Waals surface area (Å²) in [5, 5.41) is 12.9. The molecule has 2 N–H and O–H groups in total. The molecule has 1 saturated heterocycles. The van der Waals surface area contributed by atoms with E-state index in [1.54, 1.807) is 11.3 Å². The number of rotatable bonds is 2. The number of para-hydroxylation sites is 1. The van der Waals surface area contributed by atoms with Gasteiger partial charge < -0.3 is 15.3 Å². The lowest BCUT2D eigenvalue weighted by molar-refractivity contribution is -0.139. The standard InChI is InChI=1S/C12H13N3O2S/c16-11(17)9-7-15(6-5-13-9)12-14-8-3-1-2-4-10(8)18-12/h1-4,9,13H,5-7H2,(H,16,17). The summed E-state index contributed by atoms with van der Waals surface area (Å²) in [6.45, 7) is 1.94. The third-order valence-electron chi connectivity index (χ3n) is 3.03. The van der Waals surface area contributed by atoms with Crippen LogP contribution in [0, 0.1) is 0 Å². The smallest absolute Gasteiger partial charge is 0.322 e. The van der Waals surface area contributed by atoms with Crippen LogP contribution < -0.4 is 10.2 Å². The molecule has 2 heterocycles. The fraction of sp³-hybridized carbons (Fsp3) is 0.333. The van der Waals surface area contributed by atoms with Crippen LogP contribution >= 0.6 is 11.3 Å². The minimum atomic E-state index is -0.805. The number of piperazine rings is 1. The summed E-state index contributed by atoms with van der Waals surface area (Å²) < 4.78 is 1.14. The second-order valence-corrected chi connectivity index (χ2v) is 5.26. The number of nitrogens with zero attached hydrogens (tertiary/aromatic N) is 2. The van der Waals surface area contributed by atoms with Crippen molar-refractivity contribution in [3.63, 3.8) is 0 Å². The topological polar surface area (TPSA) is 65.5 Å². The number of anilines is 1. The number of aliphatic carboxylic acids is 1. The molecule has 0 saturated carbocycles. The molecule has 0 radical (unpaired) electrons. The molecular formula is C12H13N3O2S. The predicted octanol–water partition coefficient (Wildman–Crippen LogP) is 1.16. The number of nitrogens with one attached hydrogen (secondary N) is 1. The van der Waals surface area contributed by atoms with Gasteiger partial charge >= 0.3 is 5.97 Å². The summed E-state index contributed by atoms with van der Waals surface area (Å²) >= 11 is 1.61. The maximum absolute atomic E-state index is 11.0. The van der Waals surface area contributed by atoms with Gasteiger partial charge in [0.15, 0.2) is 5.13 Å². The Hall–Kier alpha value is -1.66. The van der Waals surface area contributed by atoms with E-state index in [1.807, 2.05) is 29.2 Å². The molecule has 94 valence electrons. The molecule has 1 aromatic carbocycles. The molecule has 2 aromatic rings. The number of carbonyl (C=O) groups is 1. The van der Waals surface area contributed by atoms with Gasteiger partial charge in [-0.2, -0.15) is 0 Å². The van der Waals surface area contributed by atoms with Crippen LogP contribution in [0.4, 0.5) is 5.13 Å². The number of carboxylic acid groups (broad SMARTS) is 1. The van der Waals surface area contributed by atoms with Crippen LogP contribution in [-0.2, 0) is 4.79 Å². The van der Waals surface area contributed by atoms with E-state index in [0.29, 0.717) is 13.1 Å². The van der Waals surface area contributed by atoms with Gasteiger partial charge in [-0.1, -0.05) is 23.5 Å². The Balaban J connectivity index is 1.87. The molecule has 1 fully saturated rings. The lowest BCUT2D eigenvalue weighted by Gasteiger charge is -2.31. The van der Waals surface area contributed by atoms with E-state index in [9.17, 15) is 4.79 Å². The van der Waals surface area contributed by atoms with Crippen molar-refractivity contribution < 1.29 is 9.90 Å². The molecule has 0 aliphatic carbocycles. The van der Waals surface area contributed by atoms with Gasteiger partial charge in [0.2, 0.25) is 0 Å². The predicted molar refractivity (Wildman–Crippen MR) is 71.3 cm³/mol. The van der Waals surface area contributed by atoms with Crippen molar-refractivity contribution in [2.75, 3.05) is 24.5 Å². The molecule has 5 nitrogen and oxygen atoms in total. The summed E-state index contributed by atoms with van der Waals surface area (Å²) in [5.41, 5.74) is 0.975. The van der Waals surface area contributed by atoms with Crippen molar-refractivity contribution in [3.05, 3.63) is 24.3 Å². The number of aromatic nitrogens is 1. The number of fused-ring (bicyclic) bond motifs is 1. The van der Waals surface area contributed by atoms with Crippen LogP contribution in [-0.4, -0.2) is 41.7 Å². The molecule has 18 heavy (non-hydrogen) atoms. The van der Waals surface area contributed by atoms with E-state index in [0.717, 1.165) is 21.9 Å². The summed E-state index contributed by atoms with van der Waals surface area (Å²) in [6.07, 6.45) is 0. The highest BCUT2D eigenvalue weighted by Crippen LogP contribution is 2.28. The van der Waals surface area contributed by atoms with E-state index in [1.165, 1.54) is 0 Å². The van der Waals surface area contributed by atoms with Crippen LogP contribution in [0.1, 0.15) is 0 Å². The molecule has 1 atom stereocenters. The van der Waals surface area contributed by atoms with Gasteiger partial charge in [-0.3, -0.25) is 4.79 Å². The van der Waals surface area contributed by atoms with Crippen LogP contribution in [0.5, 0.6) is 0 Å². The van der Waals surface area contributed by atoms with E-state index in [4.69, 9.17) is 5.11 Å².